The van der Waals surface area contributed by atoms with Crippen molar-refractivity contribution in [3.05, 3.63) is 0 Å². The van der Waals surface area contributed by atoms with Gasteiger partial charge in [0, 0.05) is 0 Å². The zero-order valence-electron chi connectivity index (χ0n) is 8.89. The summed E-state index contributed by atoms with van der Waals surface area (Å²) in [6, 6.07) is 2.53. The maximum atomic E-state index is 9.29. The van der Waals surface area contributed by atoms with Gasteiger partial charge in [-0.15, -0.1) is 0 Å². The molecule has 0 bridgehead atoms. The summed E-state index contributed by atoms with van der Waals surface area (Å²) in [6.45, 7) is 1.08. The van der Waals surface area contributed by atoms with E-state index in [-0.39, 0.29) is 5.54 Å². The second kappa shape index (κ2) is 4.31. The van der Waals surface area contributed by atoms with Crippen molar-refractivity contribution in [1.82, 2.24) is 5.32 Å². The van der Waals surface area contributed by atoms with E-state index < -0.39 is 0 Å². The molecule has 0 aromatic carbocycles. The molecule has 2 fully saturated rings. The summed E-state index contributed by atoms with van der Waals surface area (Å²) in [5.74, 6) is 0.878. The molecule has 0 saturated heterocycles. The number of nitriles is 1. The minimum atomic E-state index is -0.168. The maximum Gasteiger partial charge on any atom is 0.106 e. The summed E-state index contributed by atoms with van der Waals surface area (Å²) in [4.78, 5) is 0. The zero-order chi connectivity index (χ0) is 9.86. The summed E-state index contributed by atoms with van der Waals surface area (Å²) in [5, 5.41) is 12.8. The van der Waals surface area contributed by atoms with E-state index in [2.05, 4.69) is 11.4 Å². The highest BCUT2D eigenvalue weighted by Crippen LogP contribution is 2.31. The van der Waals surface area contributed by atoms with Gasteiger partial charge in [-0.25, -0.2) is 0 Å². The van der Waals surface area contributed by atoms with Crippen molar-refractivity contribution in [3.8, 4) is 6.07 Å². The summed E-state index contributed by atoms with van der Waals surface area (Å²) < 4.78 is 0. The molecule has 2 aliphatic rings. The van der Waals surface area contributed by atoms with Crippen LogP contribution < -0.4 is 5.32 Å². The molecule has 1 N–H and O–H groups in total. The van der Waals surface area contributed by atoms with E-state index in [1.807, 2.05) is 0 Å². The van der Waals surface area contributed by atoms with Crippen molar-refractivity contribution >= 4 is 0 Å². The van der Waals surface area contributed by atoms with Crippen molar-refractivity contribution in [2.75, 3.05) is 6.54 Å². The molecule has 2 saturated carbocycles. The molecule has 0 aromatic heterocycles. The van der Waals surface area contributed by atoms with Crippen LogP contribution in [-0.2, 0) is 0 Å². The first kappa shape index (κ1) is 9.98. The fourth-order valence-corrected chi connectivity index (χ4v) is 2.32. The van der Waals surface area contributed by atoms with E-state index in [1.54, 1.807) is 0 Å². The van der Waals surface area contributed by atoms with Gasteiger partial charge in [-0.1, -0.05) is 25.7 Å². The third-order valence-electron chi connectivity index (χ3n) is 3.60. The number of rotatable bonds is 3. The van der Waals surface area contributed by atoms with E-state index in [1.165, 1.54) is 38.5 Å². The zero-order valence-corrected chi connectivity index (χ0v) is 8.89. The van der Waals surface area contributed by atoms with E-state index in [0.29, 0.717) is 0 Å². The van der Waals surface area contributed by atoms with Crippen molar-refractivity contribution < 1.29 is 0 Å². The van der Waals surface area contributed by atoms with Gasteiger partial charge in [-0.05, 0) is 38.1 Å². The number of nitrogens with one attached hydrogen (secondary N) is 1. The molecular formula is C12H20N2. The topological polar surface area (TPSA) is 35.8 Å². The Morgan fingerprint density at radius 3 is 2.29 bits per heavy atom. The summed E-state index contributed by atoms with van der Waals surface area (Å²) in [6.07, 6.45) is 9.95. The highest BCUT2D eigenvalue weighted by Gasteiger charge is 2.32. The standard InChI is InChI=1S/C12H20N2/c13-10-12(14-9-11-5-6-11)7-3-1-2-4-8-12/h11,14H,1-9H2. The van der Waals surface area contributed by atoms with Gasteiger partial charge in [-0.2, -0.15) is 5.26 Å². The third-order valence-corrected chi connectivity index (χ3v) is 3.60. The predicted octanol–water partition coefficient (Wildman–Crippen LogP) is 2.60. The Hall–Kier alpha value is -0.550. The molecule has 2 heteroatoms. The van der Waals surface area contributed by atoms with Crippen molar-refractivity contribution in [3.63, 3.8) is 0 Å². The quantitative estimate of drug-likeness (QED) is 0.698. The minimum absolute atomic E-state index is 0.168. The molecule has 0 amide bonds. The first-order valence-corrected chi connectivity index (χ1v) is 6.01. The van der Waals surface area contributed by atoms with Crippen LogP contribution >= 0.6 is 0 Å². The van der Waals surface area contributed by atoms with E-state index >= 15 is 0 Å². The van der Waals surface area contributed by atoms with E-state index in [0.717, 1.165) is 25.3 Å². The van der Waals surface area contributed by atoms with Crippen molar-refractivity contribution in [2.24, 2.45) is 5.92 Å². The Bertz CT molecular complexity index is 217. The Kier molecular flexibility index (Phi) is 3.08. The largest absolute Gasteiger partial charge is 0.299 e. The van der Waals surface area contributed by atoms with Gasteiger partial charge >= 0.3 is 0 Å². The van der Waals surface area contributed by atoms with Crippen LogP contribution in [0, 0.1) is 17.2 Å². The molecule has 0 unspecified atom stereocenters. The number of nitrogens with zero attached hydrogens (tertiary/aromatic N) is 1. The summed E-state index contributed by atoms with van der Waals surface area (Å²) in [5.41, 5.74) is -0.168. The second-order valence-corrected chi connectivity index (χ2v) is 4.93. The molecular weight excluding hydrogens is 172 g/mol. The lowest BCUT2D eigenvalue weighted by molar-refractivity contribution is 0.360. The molecule has 0 radical (unpaired) electrons. The van der Waals surface area contributed by atoms with Gasteiger partial charge in [0.05, 0.1) is 6.07 Å². The molecule has 2 aliphatic carbocycles. The fraction of sp³-hybridized carbons (Fsp3) is 0.917. The van der Waals surface area contributed by atoms with Gasteiger partial charge in [-0.3, -0.25) is 5.32 Å². The Morgan fingerprint density at radius 2 is 1.79 bits per heavy atom. The average Bonchev–Trinajstić information content (AvgIpc) is 3.03. The van der Waals surface area contributed by atoms with Crippen LogP contribution in [0.4, 0.5) is 0 Å². The molecule has 0 spiro atoms. The lowest BCUT2D eigenvalue weighted by Crippen LogP contribution is -2.44. The maximum absolute atomic E-state index is 9.29. The third kappa shape index (κ3) is 2.48. The first-order valence-electron chi connectivity index (χ1n) is 6.01. The summed E-state index contributed by atoms with van der Waals surface area (Å²) >= 11 is 0. The molecule has 2 rings (SSSR count). The Morgan fingerprint density at radius 1 is 1.14 bits per heavy atom. The monoisotopic (exact) mass is 192 g/mol. The van der Waals surface area contributed by atoms with Gasteiger partial charge < -0.3 is 0 Å². The molecule has 0 aromatic rings. The molecule has 2 nitrogen and oxygen atoms in total. The van der Waals surface area contributed by atoms with Gasteiger partial charge in [0.15, 0.2) is 0 Å². The second-order valence-electron chi connectivity index (χ2n) is 4.93. The van der Waals surface area contributed by atoms with Crippen molar-refractivity contribution in [2.45, 2.75) is 56.9 Å². The number of hydrogen-bond donors (Lipinski definition) is 1. The minimum Gasteiger partial charge on any atom is -0.299 e. The average molecular weight is 192 g/mol. The fourth-order valence-electron chi connectivity index (χ4n) is 2.32. The van der Waals surface area contributed by atoms with Crippen LogP contribution in [0.1, 0.15) is 51.4 Å². The van der Waals surface area contributed by atoms with Crippen LogP contribution in [0.2, 0.25) is 0 Å². The van der Waals surface area contributed by atoms with Crippen LogP contribution in [0.3, 0.4) is 0 Å². The van der Waals surface area contributed by atoms with Gasteiger partial charge in [0.2, 0.25) is 0 Å². The molecule has 14 heavy (non-hydrogen) atoms. The van der Waals surface area contributed by atoms with Crippen LogP contribution in [0.15, 0.2) is 0 Å². The summed E-state index contributed by atoms with van der Waals surface area (Å²) in [7, 11) is 0. The number of hydrogen-bond acceptors (Lipinski definition) is 2. The highest BCUT2D eigenvalue weighted by molar-refractivity contribution is 5.08. The van der Waals surface area contributed by atoms with Crippen molar-refractivity contribution in [1.29, 1.82) is 5.26 Å². The van der Waals surface area contributed by atoms with Crippen LogP contribution in [0.25, 0.3) is 0 Å². The van der Waals surface area contributed by atoms with E-state index in [9.17, 15) is 5.26 Å². The van der Waals surface area contributed by atoms with E-state index in [4.69, 9.17) is 0 Å². The SMILES string of the molecule is N#CC1(NCC2CC2)CCCCCC1. The normalized spacial score (nSPS) is 26.5. The smallest absolute Gasteiger partial charge is 0.106 e. The lowest BCUT2D eigenvalue weighted by Gasteiger charge is -2.26. The van der Waals surface area contributed by atoms with Crippen LogP contribution in [-0.4, -0.2) is 12.1 Å². The van der Waals surface area contributed by atoms with Gasteiger partial charge in [0.25, 0.3) is 0 Å². The van der Waals surface area contributed by atoms with Gasteiger partial charge in [0.1, 0.15) is 5.54 Å². The van der Waals surface area contributed by atoms with Crippen LogP contribution in [0.5, 0.6) is 0 Å². The molecule has 0 atom stereocenters. The molecule has 0 heterocycles. The lowest BCUT2D eigenvalue weighted by atomic mass is 9.92. The molecule has 78 valence electrons. The highest BCUT2D eigenvalue weighted by atomic mass is 15.0. The molecule has 0 aliphatic heterocycles. The first-order chi connectivity index (χ1) is 6.85. The predicted molar refractivity (Wildman–Crippen MR) is 56.8 cm³/mol. The Balaban J connectivity index is 1.88. The Labute approximate surface area is 86.7 Å².